The number of carbonyl (C=O) groups excluding carboxylic acids is 3. The zero-order valence-corrected chi connectivity index (χ0v) is 11.8. The Morgan fingerprint density at radius 3 is 2.57 bits per heavy atom. The highest BCUT2D eigenvalue weighted by Crippen LogP contribution is 2.05. The number of ether oxygens (including phenoxy) is 1. The molecule has 114 valence electrons. The van der Waals surface area contributed by atoms with Crippen molar-refractivity contribution >= 4 is 17.9 Å². The Labute approximate surface area is 122 Å². The SMILES string of the molecule is Cc1ccccc1CNC(=O)COC(=O)CCNC(N)=O. The Morgan fingerprint density at radius 2 is 1.90 bits per heavy atom. The van der Waals surface area contributed by atoms with Crippen molar-refractivity contribution in [2.45, 2.75) is 19.9 Å². The molecule has 0 saturated carbocycles. The normalized spacial score (nSPS) is 9.76. The second kappa shape index (κ2) is 8.57. The van der Waals surface area contributed by atoms with Crippen LogP contribution in [0.25, 0.3) is 0 Å². The number of nitrogens with two attached hydrogens (primary N) is 1. The summed E-state index contributed by atoms with van der Waals surface area (Å²) in [4.78, 5) is 33.2. The van der Waals surface area contributed by atoms with Crippen LogP contribution in [0.15, 0.2) is 24.3 Å². The number of amides is 3. The van der Waals surface area contributed by atoms with E-state index < -0.39 is 12.0 Å². The Hall–Kier alpha value is -2.57. The molecule has 0 radical (unpaired) electrons. The van der Waals surface area contributed by atoms with Gasteiger partial charge < -0.3 is 21.1 Å². The molecule has 1 aromatic rings. The number of carbonyl (C=O) groups is 3. The molecule has 0 aliphatic heterocycles. The van der Waals surface area contributed by atoms with E-state index in [0.717, 1.165) is 11.1 Å². The summed E-state index contributed by atoms with van der Waals surface area (Å²) in [7, 11) is 0. The maximum absolute atomic E-state index is 11.5. The maximum Gasteiger partial charge on any atom is 0.312 e. The van der Waals surface area contributed by atoms with Gasteiger partial charge >= 0.3 is 12.0 Å². The van der Waals surface area contributed by atoms with Crippen molar-refractivity contribution in [2.75, 3.05) is 13.2 Å². The molecule has 0 fully saturated rings. The molecule has 0 aliphatic carbocycles. The van der Waals surface area contributed by atoms with Crippen molar-refractivity contribution in [3.63, 3.8) is 0 Å². The number of rotatable bonds is 7. The average molecular weight is 293 g/mol. The molecule has 0 aromatic heterocycles. The van der Waals surface area contributed by atoms with Crippen molar-refractivity contribution in [3.05, 3.63) is 35.4 Å². The molecule has 3 amide bonds. The summed E-state index contributed by atoms with van der Waals surface area (Å²) in [5.41, 5.74) is 6.92. The molecule has 0 saturated heterocycles. The van der Waals surface area contributed by atoms with Gasteiger partial charge in [-0.05, 0) is 18.1 Å². The quantitative estimate of drug-likeness (QED) is 0.624. The van der Waals surface area contributed by atoms with Gasteiger partial charge in [0.25, 0.3) is 5.91 Å². The Balaban J connectivity index is 2.21. The van der Waals surface area contributed by atoms with Crippen LogP contribution in [0.4, 0.5) is 4.79 Å². The summed E-state index contributed by atoms with van der Waals surface area (Å²) < 4.78 is 4.76. The zero-order chi connectivity index (χ0) is 15.7. The van der Waals surface area contributed by atoms with Crippen LogP contribution in [0, 0.1) is 6.92 Å². The molecule has 0 bridgehead atoms. The summed E-state index contributed by atoms with van der Waals surface area (Å²) in [5.74, 6) is -0.954. The van der Waals surface area contributed by atoms with Crippen LogP contribution in [0.2, 0.25) is 0 Å². The number of benzene rings is 1. The first-order valence-electron chi connectivity index (χ1n) is 6.49. The number of urea groups is 1. The van der Waals surface area contributed by atoms with Crippen LogP contribution in [-0.4, -0.2) is 31.1 Å². The van der Waals surface area contributed by atoms with Gasteiger partial charge in [0, 0.05) is 13.1 Å². The smallest absolute Gasteiger partial charge is 0.312 e. The molecule has 0 atom stereocenters. The van der Waals surface area contributed by atoms with Crippen LogP contribution >= 0.6 is 0 Å². The monoisotopic (exact) mass is 293 g/mol. The van der Waals surface area contributed by atoms with Crippen LogP contribution in [0.5, 0.6) is 0 Å². The fraction of sp³-hybridized carbons (Fsp3) is 0.357. The number of hydrogen-bond donors (Lipinski definition) is 3. The van der Waals surface area contributed by atoms with E-state index in [-0.39, 0.29) is 25.5 Å². The lowest BCUT2D eigenvalue weighted by atomic mass is 10.1. The van der Waals surface area contributed by atoms with Crippen LogP contribution in [0.1, 0.15) is 17.5 Å². The lowest BCUT2D eigenvalue weighted by Gasteiger charge is -2.08. The molecule has 1 rings (SSSR count). The van der Waals surface area contributed by atoms with E-state index >= 15 is 0 Å². The second-order valence-electron chi connectivity index (χ2n) is 4.40. The molecule has 0 spiro atoms. The minimum absolute atomic E-state index is 0.0337. The van der Waals surface area contributed by atoms with Crippen molar-refractivity contribution in [2.24, 2.45) is 5.73 Å². The van der Waals surface area contributed by atoms with E-state index in [4.69, 9.17) is 10.5 Å². The topological polar surface area (TPSA) is 111 Å². The van der Waals surface area contributed by atoms with Crippen LogP contribution in [0.3, 0.4) is 0 Å². The standard InChI is InChI=1S/C14H19N3O4/c1-10-4-2-3-5-11(10)8-17-12(18)9-21-13(19)6-7-16-14(15)20/h2-5H,6-9H2,1H3,(H,17,18)(H3,15,16,20). The molecule has 0 unspecified atom stereocenters. The molecule has 4 N–H and O–H groups in total. The third-order valence-electron chi connectivity index (χ3n) is 2.73. The summed E-state index contributed by atoms with van der Waals surface area (Å²) in [6, 6.07) is 6.96. The summed E-state index contributed by atoms with van der Waals surface area (Å²) in [6.45, 7) is 2.07. The van der Waals surface area contributed by atoms with E-state index in [9.17, 15) is 14.4 Å². The first-order valence-corrected chi connectivity index (χ1v) is 6.49. The largest absolute Gasteiger partial charge is 0.456 e. The fourth-order valence-electron chi connectivity index (χ4n) is 1.56. The highest BCUT2D eigenvalue weighted by molar-refractivity contribution is 5.80. The van der Waals surface area contributed by atoms with Crippen LogP contribution < -0.4 is 16.4 Å². The number of nitrogens with one attached hydrogen (secondary N) is 2. The lowest BCUT2D eigenvalue weighted by Crippen LogP contribution is -2.32. The van der Waals surface area contributed by atoms with Gasteiger partial charge in [0.05, 0.1) is 6.42 Å². The Kier molecular flexibility index (Phi) is 6.73. The minimum atomic E-state index is -0.709. The lowest BCUT2D eigenvalue weighted by molar-refractivity contribution is -0.148. The van der Waals surface area contributed by atoms with Crippen molar-refractivity contribution in [1.29, 1.82) is 0 Å². The minimum Gasteiger partial charge on any atom is -0.456 e. The molecule has 0 heterocycles. The van der Waals surface area contributed by atoms with Gasteiger partial charge in [-0.15, -0.1) is 0 Å². The van der Waals surface area contributed by atoms with E-state index in [1.54, 1.807) is 0 Å². The van der Waals surface area contributed by atoms with Gasteiger partial charge in [-0.1, -0.05) is 24.3 Å². The molecule has 7 nitrogen and oxygen atoms in total. The predicted molar refractivity (Wildman–Crippen MR) is 76.2 cm³/mol. The number of aryl methyl sites for hydroxylation is 1. The van der Waals surface area contributed by atoms with Crippen molar-refractivity contribution < 1.29 is 19.1 Å². The first-order chi connectivity index (χ1) is 9.99. The summed E-state index contributed by atoms with van der Waals surface area (Å²) in [6.07, 6.45) is -0.0337. The van der Waals surface area contributed by atoms with Gasteiger partial charge in [0.2, 0.25) is 0 Å². The number of esters is 1. The van der Waals surface area contributed by atoms with Gasteiger partial charge in [-0.25, -0.2) is 4.79 Å². The number of hydrogen-bond acceptors (Lipinski definition) is 4. The Bertz CT molecular complexity index is 517. The zero-order valence-electron chi connectivity index (χ0n) is 11.8. The molecule has 21 heavy (non-hydrogen) atoms. The van der Waals surface area contributed by atoms with E-state index in [1.807, 2.05) is 31.2 Å². The van der Waals surface area contributed by atoms with E-state index in [1.165, 1.54) is 0 Å². The molecule has 7 heteroatoms. The van der Waals surface area contributed by atoms with E-state index in [0.29, 0.717) is 6.54 Å². The van der Waals surface area contributed by atoms with Crippen LogP contribution in [-0.2, 0) is 20.9 Å². The van der Waals surface area contributed by atoms with Crippen molar-refractivity contribution in [1.82, 2.24) is 10.6 Å². The van der Waals surface area contributed by atoms with Gasteiger partial charge in [-0.3, -0.25) is 9.59 Å². The Morgan fingerprint density at radius 1 is 1.19 bits per heavy atom. The second-order valence-corrected chi connectivity index (χ2v) is 4.40. The highest BCUT2D eigenvalue weighted by Gasteiger charge is 2.08. The predicted octanol–water partition coefficient (Wildman–Crippen LogP) is 0.213. The van der Waals surface area contributed by atoms with Gasteiger partial charge in [0.1, 0.15) is 0 Å². The first kappa shape index (κ1) is 16.5. The summed E-state index contributed by atoms with van der Waals surface area (Å²) >= 11 is 0. The third kappa shape index (κ3) is 6.95. The van der Waals surface area contributed by atoms with Gasteiger partial charge in [-0.2, -0.15) is 0 Å². The maximum atomic E-state index is 11.5. The molecule has 1 aromatic carbocycles. The fourth-order valence-corrected chi connectivity index (χ4v) is 1.56. The molecular weight excluding hydrogens is 274 g/mol. The van der Waals surface area contributed by atoms with Crippen molar-refractivity contribution in [3.8, 4) is 0 Å². The highest BCUT2D eigenvalue weighted by atomic mass is 16.5. The van der Waals surface area contributed by atoms with Gasteiger partial charge in [0.15, 0.2) is 6.61 Å². The average Bonchev–Trinajstić information content (AvgIpc) is 2.44. The molecule has 0 aliphatic rings. The number of primary amides is 1. The molecular formula is C14H19N3O4. The third-order valence-corrected chi connectivity index (χ3v) is 2.73. The van der Waals surface area contributed by atoms with E-state index in [2.05, 4.69) is 10.6 Å². The summed E-state index contributed by atoms with van der Waals surface area (Å²) in [5, 5.41) is 4.92.